The molecule has 0 spiro atoms. The summed E-state index contributed by atoms with van der Waals surface area (Å²) >= 11 is 0. The molecule has 3 rings (SSSR count). The molecule has 2 aliphatic rings. The Bertz CT molecular complexity index is 458. The van der Waals surface area contributed by atoms with Crippen molar-refractivity contribution in [3.05, 3.63) is 35.4 Å². The molecular weight excluding hydrogens is 224 g/mol. The number of hydrogen-bond donors (Lipinski definition) is 1. The number of likely N-dealkylation sites (tertiary alicyclic amines) is 1. The third-order valence-electron chi connectivity index (χ3n) is 4.30. The van der Waals surface area contributed by atoms with Crippen molar-refractivity contribution in [3.63, 3.8) is 0 Å². The first kappa shape index (κ1) is 11.7. The molecule has 1 saturated heterocycles. The van der Waals surface area contributed by atoms with Crippen LogP contribution in [0.2, 0.25) is 0 Å². The number of amides is 1. The van der Waals surface area contributed by atoms with Crippen LogP contribution in [0.1, 0.15) is 36.4 Å². The SMILES string of the molecule is CNC1CCCN(C2CCc3ccccc32)C1=O. The summed E-state index contributed by atoms with van der Waals surface area (Å²) in [7, 11) is 1.88. The Kier molecular flexibility index (Phi) is 3.08. The Morgan fingerprint density at radius 2 is 2.11 bits per heavy atom. The smallest absolute Gasteiger partial charge is 0.240 e. The lowest BCUT2D eigenvalue weighted by atomic mass is 10.00. The number of carbonyl (C=O) groups is 1. The van der Waals surface area contributed by atoms with Gasteiger partial charge in [0.25, 0.3) is 0 Å². The molecule has 1 aliphatic heterocycles. The van der Waals surface area contributed by atoms with Crippen LogP contribution in [0, 0.1) is 0 Å². The summed E-state index contributed by atoms with van der Waals surface area (Å²) in [5.41, 5.74) is 2.78. The molecule has 0 radical (unpaired) electrons. The van der Waals surface area contributed by atoms with Gasteiger partial charge in [-0.3, -0.25) is 4.79 Å². The Morgan fingerprint density at radius 1 is 1.28 bits per heavy atom. The van der Waals surface area contributed by atoms with Crippen molar-refractivity contribution >= 4 is 5.91 Å². The number of nitrogens with zero attached hydrogens (tertiary/aromatic N) is 1. The van der Waals surface area contributed by atoms with Gasteiger partial charge in [0.05, 0.1) is 12.1 Å². The third-order valence-corrected chi connectivity index (χ3v) is 4.30. The average Bonchev–Trinajstić information content (AvgIpc) is 2.83. The van der Waals surface area contributed by atoms with E-state index in [1.807, 2.05) is 7.05 Å². The van der Waals surface area contributed by atoms with Gasteiger partial charge < -0.3 is 10.2 Å². The molecule has 0 bridgehead atoms. The van der Waals surface area contributed by atoms with Crippen LogP contribution in [0.3, 0.4) is 0 Å². The molecule has 3 nitrogen and oxygen atoms in total. The molecule has 1 N–H and O–H groups in total. The number of fused-ring (bicyclic) bond motifs is 1. The summed E-state index contributed by atoms with van der Waals surface area (Å²) in [5, 5.41) is 3.14. The number of benzene rings is 1. The molecule has 2 unspecified atom stereocenters. The summed E-state index contributed by atoms with van der Waals surface area (Å²) in [4.78, 5) is 14.5. The first-order valence-electron chi connectivity index (χ1n) is 6.87. The molecule has 1 fully saturated rings. The molecule has 1 amide bonds. The molecule has 2 atom stereocenters. The van der Waals surface area contributed by atoms with Gasteiger partial charge >= 0.3 is 0 Å². The van der Waals surface area contributed by atoms with E-state index in [-0.39, 0.29) is 11.9 Å². The second-order valence-electron chi connectivity index (χ2n) is 5.27. The molecule has 18 heavy (non-hydrogen) atoms. The zero-order valence-electron chi connectivity index (χ0n) is 10.9. The van der Waals surface area contributed by atoms with E-state index >= 15 is 0 Å². The second kappa shape index (κ2) is 4.73. The normalized spacial score (nSPS) is 27.4. The Hall–Kier alpha value is -1.35. The largest absolute Gasteiger partial charge is 0.334 e. The maximum absolute atomic E-state index is 12.4. The summed E-state index contributed by atoms with van der Waals surface area (Å²) in [5.74, 6) is 0.283. The van der Waals surface area contributed by atoms with Crippen LogP contribution in [-0.4, -0.2) is 30.4 Å². The molecule has 0 aromatic heterocycles. The summed E-state index contributed by atoms with van der Waals surface area (Å²) in [6.07, 6.45) is 4.27. The van der Waals surface area contributed by atoms with Crippen molar-refractivity contribution in [2.45, 2.75) is 37.8 Å². The fraction of sp³-hybridized carbons (Fsp3) is 0.533. The van der Waals surface area contributed by atoms with Crippen LogP contribution >= 0.6 is 0 Å². The minimum absolute atomic E-state index is 0.0199. The third kappa shape index (κ3) is 1.83. The molecule has 1 heterocycles. The maximum atomic E-state index is 12.4. The number of carbonyl (C=O) groups excluding carboxylic acids is 1. The molecular formula is C15H20N2O. The number of hydrogen-bond acceptors (Lipinski definition) is 2. The molecule has 3 heteroatoms. The highest BCUT2D eigenvalue weighted by Gasteiger charge is 2.35. The number of aryl methyl sites for hydroxylation is 1. The quantitative estimate of drug-likeness (QED) is 0.861. The van der Waals surface area contributed by atoms with E-state index in [1.54, 1.807) is 0 Å². The zero-order chi connectivity index (χ0) is 12.5. The van der Waals surface area contributed by atoms with E-state index in [0.717, 1.165) is 32.2 Å². The lowest BCUT2D eigenvalue weighted by Crippen LogP contribution is -2.50. The van der Waals surface area contributed by atoms with Crippen LogP contribution < -0.4 is 5.32 Å². The van der Waals surface area contributed by atoms with Crippen LogP contribution in [0.15, 0.2) is 24.3 Å². The fourth-order valence-corrected chi connectivity index (χ4v) is 3.34. The highest BCUT2D eigenvalue weighted by atomic mass is 16.2. The van der Waals surface area contributed by atoms with Crippen LogP contribution in [-0.2, 0) is 11.2 Å². The average molecular weight is 244 g/mol. The second-order valence-corrected chi connectivity index (χ2v) is 5.27. The van der Waals surface area contributed by atoms with Crippen molar-refractivity contribution in [2.24, 2.45) is 0 Å². The topological polar surface area (TPSA) is 32.3 Å². The van der Waals surface area contributed by atoms with Gasteiger partial charge in [0.1, 0.15) is 0 Å². The van der Waals surface area contributed by atoms with E-state index in [1.165, 1.54) is 11.1 Å². The van der Waals surface area contributed by atoms with Gasteiger partial charge in [0.2, 0.25) is 5.91 Å². The van der Waals surface area contributed by atoms with Crippen LogP contribution in [0.25, 0.3) is 0 Å². The van der Waals surface area contributed by atoms with Crippen molar-refractivity contribution < 1.29 is 4.79 Å². The van der Waals surface area contributed by atoms with E-state index in [9.17, 15) is 4.79 Å². The minimum Gasteiger partial charge on any atom is -0.334 e. The maximum Gasteiger partial charge on any atom is 0.240 e. The van der Waals surface area contributed by atoms with Gasteiger partial charge in [-0.05, 0) is 43.9 Å². The summed E-state index contributed by atoms with van der Waals surface area (Å²) in [6.45, 7) is 0.913. The van der Waals surface area contributed by atoms with Crippen molar-refractivity contribution in [1.82, 2.24) is 10.2 Å². The minimum atomic E-state index is 0.0199. The highest BCUT2D eigenvalue weighted by Crippen LogP contribution is 2.37. The number of rotatable bonds is 2. The van der Waals surface area contributed by atoms with E-state index in [2.05, 4.69) is 34.5 Å². The highest BCUT2D eigenvalue weighted by molar-refractivity contribution is 5.83. The lowest BCUT2D eigenvalue weighted by molar-refractivity contribution is -0.138. The van der Waals surface area contributed by atoms with Crippen molar-refractivity contribution in [1.29, 1.82) is 0 Å². The fourth-order valence-electron chi connectivity index (χ4n) is 3.34. The van der Waals surface area contributed by atoms with Crippen LogP contribution in [0.5, 0.6) is 0 Å². The van der Waals surface area contributed by atoms with Crippen molar-refractivity contribution in [3.8, 4) is 0 Å². The van der Waals surface area contributed by atoms with Gasteiger partial charge in [0, 0.05) is 6.54 Å². The van der Waals surface area contributed by atoms with Gasteiger partial charge in [-0.25, -0.2) is 0 Å². The zero-order valence-corrected chi connectivity index (χ0v) is 10.9. The van der Waals surface area contributed by atoms with E-state index in [4.69, 9.17) is 0 Å². The van der Waals surface area contributed by atoms with Crippen molar-refractivity contribution in [2.75, 3.05) is 13.6 Å². The standard InChI is InChI=1S/C15H20N2O/c1-16-13-7-4-10-17(15(13)18)14-9-8-11-5-2-3-6-12(11)14/h2-3,5-6,13-14,16H,4,7-10H2,1H3. The molecule has 0 saturated carbocycles. The Labute approximate surface area is 108 Å². The monoisotopic (exact) mass is 244 g/mol. The first-order chi connectivity index (χ1) is 8.81. The molecule has 1 aliphatic carbocycles. The summed E-state index contributed by atoms with van der Waals surface area (Å²) < 4.78 is 0. The van der Waals surface area contributed by atoms with Gasteiger partial charge in [-0.1, -0.05) is 24.3 Å². The predicted octanol–water partition coefficient (Wildman–Crippen LogP) is 1.88. The first-order valence-corrected chi connectivity index (χ1v) is 6.87. The molecule has 1 aromatic carbocycles. The van der Waals surface area contributed by atoms with Gasteiger partial charge in [-0.2, -0.15) is 0 Å². The Balaban J connectivity index is 1.86. The predicted molar refractivity (Wildman–Crippen MR) is 71.3 cm³/mol. The molecule has 1 aromatic rings. The Morgan fingerprint density at radius 3 is 2.94 bits per heavy atom. The van der Waals surface area contributed by atoms with Gasteiger partial charge in [-0.15, -0.1) is 0 Å². The summed E-state index contributed by atoms with van der Waals surface area (Å²) in [6, 6.07) is 8.88. The molecule has 96 valence electrons. The van der Waals surface area contributed by atoms with Crippen LogP contribution in [0.4, 0.5) is 0 Å². The number of nitrogens with one attached hydrogen (secondary N) is 1. The van der Waals surface area contributed by atoms with E-state index in [0.29, 0.717) is 6.04 Å². The number of likely N-dealkylation sites (N-methyl/N-ethyl adjacent to an activating group) is 1. The lowest BCUT2D eigenvalue weighted by Gasteiger charge is -2.36. The number of piperidine rings is 1. The van der Waals surface area contributed by atoms with Gasteiger partial charge in [0.15, 0.2) is 0 Å². The van der Waals surface area contributed by atoms with E-state index < -0.39 is 0 Å².